The van der Waals surface area contributed by atoms with Gasteiger partial charge in [-0.05, 0) is 11.6 Å². The van der Waals surface area contributed by atoms with E-state index < -0.39 is 11.9 Å². The van der Waals surface area contributed by atoms with Gasteiger partial charge in [-0.2, -0.15) is 4.39 Å². The summed E-state index contributed by atoms with van der Waals surface area (Å²) in [6, 6.07) is 1.13. The third-order valence-corrected chi connectivity index (χ3v) is 1.77. The van der Waals surface area contributed by atoms with Crippen LogP contribution in [-0.4, -0.2) is 18.1 Å². The second kappa shape index (κ2) is 4.72. The second-order valence-corrected chi connectivity index (χ2v) is 2.79. The first kappa shape index (κ1) is 10.7. The molecule has 0 aliphatic rings. The fourth-order valence-electron chi connectivity index (χ4n) is 0.781. The molecule has 0 aliphatic heterocycles. The quantitative estimate of drug-likeness (QED) is 0.431. The van der Waals surface area contributed by atoms with Crippen LogP contribution in [0, 0.1) is 5.95 Å². The minimum atomic E-state index is -0.654. The molecule has 74 valence electrons. The highest BCUT2D eigenvalue weighted by atomic mass is 35.5. The number of halogens is 2. The molecule has 1 rings (SSSR count). The largest absolute Gasteiger partial charge is 0.466 e. The van der Waals surface area contributed by atoms with Gasteiger partial charge in [0.1, 0.15) is 0 Å². The molecule has 0 saturated heterocycles. The Kier molecular flexibility index (Phi) is 3.59. The molecule has 0 spiro atoms. The first-order valence-electron chi connectivity index (χ1n) is 3.70. The Morgan fingerprint density at radius 2 is 2.43 bits per heavy atom. The van der Waals surface area contributed by atoms with Gasteiger partial charge in [-0.3, -0.25) is 0 Å². The van der Waals surface area contributed by atoms with Crippen LogP contribution < -0.4 is 0 Å². The highest BCUT2D eigenvalue weighted by Gasteiger charge is 2.00. The number of carbonyl (C=O) groups excluding carboxylic acids is 1. The van der Waals surface area contributed by atoms with E-state index in [2.05, 4.69) is 9.72 Å². The number of aromatic nitrogens is 1. The minimum absolute atomic E-state index is 0.270. The molecule has 1 aromatic heterocycles. The highest BCUT2D eigenvalue weighted by molar-refractivity contribution is 6.32. The van der Waals surface area contributed by atoms with E-state index in [0.717, 1.165) is 12.1 Å². The van der Waals surface area contributed by atoms with E-state index in [4.69, 9.17) is 11.6 Å². The van der Waals surface area contributed by atoms with Crippen molar-refractivity contribution in [3.8, 4) is 0 Å². The summed E-state index contributed by atoms with van der Waals surface area (Å²) in [4.78, 5) is 14.1. The zero-order chi connectivity index (χ0) is 10.6. The molecule has 0 bridgehead atoms. The van der Waals surface area contributed by atoms with Crippen LogP contribution in [0.4, 0.5) is 4.39 Å². The predicted molar refractivity (Wildman–Crippen MR) is 50.3 cm³/mol. The van der Waals surface area contributed by atoms with Crippen molar-refractivity contribution in [1.82, 2.24) is 4.98 Å². The Bertz CT molecular complexity index is 379. The summed E-state index contributed by atoms with van der Waals surface area (Å²) < 4.78 is 17.0. The number of carbonyl (C=O) groups is 1. The van der Waals surface area contributed by atoms with Gasteiger partial charge in [0, 0.05) is 18.3 Å². The maximum Gasteiger partial charge on any atom is 0.330 e. The summed E-state index contributed by atoms with van der Waals surface area (Å²) in [7, 11) is 1.25. The molecule has 0 radical (unpaired) electrons. The number of pyridine rings is 1. The average molecular weight is 216 g/mol. The number of nitrogens with zero attached hydrogens (tertiary/aromatic N) is 1. The van der Waals surface area contributed by atoms with Crippen LogP contribution in [0.3, 0.4) is 0 Å². The van der Waals surface area contributed by atoms with Crippen molar-refractivity contribution < 1.29 is 13.9 Å². The molecule has 5 heteroatoms. The molecule has 1 aromatic rings. The smallest absolute Gasteiger partial charge is 0.330 e. The fraction of sp³-hybridized carbons (Fsp3) is 0.111. The molecule has 0 saturated carbocycles. The number of methoxy groups -OCH3 is 1. The molecule has 0 fully saturated rings. The van der Waals surface area contributed by atoms with Crippen LogP contribution in [0.15, 0.2) is 18.3 Å². The molecule has 0 aliphatic carbocycles. The molecular weight excluding hydrogens is 209 g/mol. The van der Waals surface area contributed by atoms with Gasteiger partial charge >= 0.3 is 5.97 Å². The van der Waals surface area contributed by atoms with Crippen molar-refractivity contribution in [3.05, 3.63) is 34.9 Å². The minimum Gasteiger partial charge on any atom is -0.466 e. The summed E-state index contributed by atoms with van der Waals surface area (Å²) in [6.07, 6.45) is 3.69. The van der Waals surface area contributed by atoms with Gasteiger partial charge in [0.05, 0.1) is 12.1 Å². The molecule has 3 nitrogen and oxygen atoms in total. The first-order valence-corrected chi connectivity index (χ1v) is 4.08. The van der Waals surface area contributed by atoms with E-state index in [1.807, 2.05) is 0 Å². The van der Waals surface area contributed by atoms with Crippen molar-refractivity contribution >= 4 is 23.6 Å². The lowest BCUT2D eigenvalue weighted by Gasteiger charge is -1.96. The van der Waals surface area contributed by atoms with Crippen molar-refractivity contribution in [2.45, 2.75) is 0 Å². The molecule has 0 atom stereocenters. The summed E-state index contributed by atoms with van der Waals surface area (Å²) in [5.74, 6) is -1.18. The van der Waals surface area contributed by atoms with E-state index >= 15 is 0 Å². The van der Waals surface area contributed by atoms with Crippen LogP contribution in [0.2, 0.25) is 5.02 Å². The van der Waals surface area contributed by atoms with Gasteiger partial charge in [-0.15, -0.1) is 0 Å². The highest BCUT2D eigenvalue weighted by Crippen LogP contribution is 2.16. The Labute approximate surface area is 85.2 Å². The summed E-state index contributed by atoms with van der Waals surface area (Å²) in [5, 5.41) is 0.270. The van der Waals surface area contributed by atoms with Crippen LogP contribution in [0.5, 0.6) is 0 Å². The molecule has 0 amide bonds. The second-order valence-electron chi connectivity index (χ2n) is 2.39. The average Bonchev–Trinajstić information content (AvgIpc) is 2.19. The fourth-order valence-corrected chi connectivity index (χ4v) is 0.947. The molecule has 0 N–H and O–H groups in total. The van der Waals surface area contributed by atoms with Crippen LogP contribution in [0.25, 0.3) is 6.08 Å². The van der Waals surface area contributed by atoms with Crippen LogP contribution in [0.1, 0.15) is 5.56 Å². The lowest BCUT2D eigenvalue weighted by Crippen LogP contribution is -1.93. The Morgan fingerprint density at radius 1 is 1.71 bits per heavy atom. The van der Waals surface area contributed by atoms with Crippen molar-refractivity contribution in [2.75, 3.05) is 7.11 Å². The van der Waals surface area contributed by atoms with Gasteiger partial charge in [0.15, 0.2) is 0 Å². The lowest BCUT2D eigenvalue weighted by atomic mass is 10.2. The number of esters is 1. The zero-order valence-corrected chi connectivity index (χ0v) is 8.08. The standard InChI is InChI=1S/C9H7ClFNO2/c1-14-9(13)3-2-6-4-8(11)12-5-7(6)10/h2-5H,1H3. The van der Waals surface area contributed by atoms with Gasteiger partial charge < -0.3 is 4.74 Å². The van der Waals surface area contributed by atoms with Crippen molar-refractivity contribution in [3.63, 3.8) is 0 Å². The maximum atomic E-state index is 12.6. The van der Waals surface area contributed by atoms with E-state index in [9.17, 15) is 9.18 Å². The Morgan fingerprint density at radius 3 is 3.07 bits per heavy atom. The molecule has 1 heterocycles. The van der Waals surface area contributed by atoms with E-state index in [1.54, 1.807) is 0 Å². The van der Waals surface area contributed by atoms with Crippen molar-refractivity contribution in [1.29, 1.82) is 0 Å². The molecular formula is C9H7ClFNO2. The monoisotopic (exact) mass is 215 g/mol. The van der Waals surface area contributed by atoms with Crippen LogP contribution >= 0.6 is 11.6 Å². The number of hydrogen-bond donors (Lipinski definition) is 0. The molecule has 0 aromatic carbocycles. The van der Waals surface area contributed by atoms with Gasteiger partial charge in [0.2, 0.25) is 5.95 Å². The summed E-state index contributed by atoms with van der Waals surface area (Å²) >= 11 is 5.69. The maximum absolute atomic E-state index is 12.6. The van der Waals surface area contributed by atoms with Gasteiger partial charge in [-0.25, -0.2) is 9.78 Å². The topological polar surface area (TPSA) is 39.2 Å². The Hall–Kier alpha value is -1.42. The zero-order valence-electron chi connectivity index (χ0n) is 7.33. The van der Waals surface area contributed by atoms with Gasteiger partial charge in [0.25, 0.3) is 0 Å². The number of hydrogen-bond acceptors (Lipinski definition) is 3. The Balaban J connectivity index is 2.90. The van der Waals surface area contributed by atoms with E-state index in [0.29, 0.717) is 5.56 Å². The third-order valence-electron chi connectivity index (χ3n) is 1.45. The molecule has 14 heavy (non-hydrogen) atoms. The first-order chi connectivity index (χ1) is 6.63. The summed E-state index contributed by atoms with van der Waals surface area (Å²) in [5.41, 5.74) is 0.379. The molecule has 0 unspecified atom stereocenters. The van der Waals surface area contributed by atoms with E-state index in [-0.39, 0.29) is 5.02 Å². The normalized spacial score (nSPS) is 10.5. The van der Waals surface area contributed by atoms with E-state index in [1.165, 1.54) is 19.4 Å². The SMILES string of the molecule is COC(=O)C=Cc1cc(F)ncc1Cl. The lowest BCUT2D eigenvalue weighted by molar-refractivity contribution is -0.134. The predicted octanol–water partition coefficient (Wildman–Crippen LogP) is 2.06. The van der Waals surface area contributed by atoms with Crippen molar-refractivity contribution in [2.24, 2.45) is 0 Å². The summed E-state index contributed by atoms with van der Waals surface area (Å²) in [6.45, 7) is 0. The van der Waals surface area contributed by atoms with Crippen LogP contribution in [-0.2, 0) is 9.53 Å². The number of ether oxygens (including phenoxy) is 1. The third kappa shape index (κ3) is 2.81. The van der Waals surface area contributed by atoms with Gasteiger partial charge in [-0.1, -0.05) is 11.6 Å². The number of rotatable bonds is 2.